The molecule has 3 aromatic rings. The van der Waals surface area contributed by atoms with Gasteiger partial charge in [0.2, 0.25) is 11.7 Å². The molecule has 1 aromatic heterocycles. The first-order chi connectivity index (χ1) is 12.0. The van der Waals surface area contributed by atoms with E-state index in [-0.39, 0.29) is 5.91 Å². The Morgan fingerprint density at radius 2 is 2.04 bits per heavy atom. The summed E-state index contributed by atoms with van der Waals surface area (Å²) in [6.45, 7) is 3.39. The number of hydrogen-bond donors (Lipinski definition) is 1. The molecule has 1 unspecified atom stereocenters. The van der Waals surface area contributed by atoms with Gasteiger partial charge in [0.05, 0.1) is 0 Å². The Hall–Kier alpha value is -2.86. The Morgan fingerprint density at radius 3 is 2.76 bits per heavy atom. The van der Waals surface area contributed by atoms with Gasteiger partial charge in [0.25, 0.3) is 5.91 Å². The predicted octanol–water partition coefficient (Wildman–Crippen LogP) is 4.10. The lowest BCUT2D eigenvalue weighted by atomic mass is 10.2. The van der Waals surface area contributed by atoms with Gasteiger partial charge in [-0.05, 0) is 37.3 Å². The fraction of sp³-hybridized carbons (Fsp3) is 0.167. The smallest absolute Gasteiger partial charge is 0.265 e. The standard InChI is InChI=1S/C18H16ClN3O3/c1-11(24-16-8-4-6-14(19)10-16)18(23)21-15-7-3-5-13(9-15)17-20-12(2)25-22-17/h3-11H,1-2H3,(H,21,23). The van der Waals surface area contributed by atoms with Gasteiger partial charge in [-0.15, -0.1) is 0 Å². The zero-order chi connectivity index (χ0) is 17.8. The Labute approximate surface area is 149 Å². The molecule has 1 atom stereocenters. The van der Waals surface area contributed by atoms with Crippen molar-refractivity contribution in [3.05, 3.63) is 59.4 Å². The zero-order valence-electron chi connectivity index (χ0n) is 13.7. The first-order valence-corrected chi connectivity index (χ1v) is 8.03. The highest BCUT2D eigenvalue weighted by atomic mass is 35.5. The van der Waals surface area contributed by atoms with Crippen molar-refractivity contribution in [1.29, 1.82) is 0 Å². The molecular formula is C18H16ClN3O3. The van der Waals surface area contributed by atoms with Crippen LogP contribution < -0.4 is 10.1 Å². The van der Waals surface area contributed by atoms with Crippen molar-refractivity contribution < 1.29 is 14.1 Å². The maximum Gasteiger partial charge on any atom is 0.265 e. The lowest BCUT2D eigenvalue weighted by Gasteiger charge is -2.15. The molecule has 7 heteroatoms. The van der Waals surface area contributed by atoms with Crippen LogP contribution in [0.25, 0.3) is 11.4 Å². The molecule has 3 rings (SSSR count). The van der Waals surface area contributed by atoms with E-state index in [1.807, 2.05) is 6.07 Å². The van der Waals surface area contributed by atoms with Crippen LogP contribution in [0.4, 0.5) is 5.69 Å². The molecule has 1 amide bonds. The highest BCUT2D eigenvalue weighted by molar-refractivity contribution is 6.30. The van der Waals surface area contributed by atoms with Gasteiger partial charge < -0.3 is 14.6 Å². The van der Waals surface area contributed by atoms with Crippen LogP contribution in [-0.2, 0) is 4.79 Å². The van der Waals surface area contributed by atoms with Gasteiger partial charge in [0.15, 0.2) is 6.10 Å². The number of carbonyl (C=O) groups is 1. The van der Waals surface area contributed by atoms with E-state index < -0.39 is 6.10 Å². The SMILES string of the molecule is Cc1nc(-c2cccc(NC(=O)C(C)Oc3cccc(Cl)c3)c2)no1. The fourth-order valence-corrected chi connectivity index (χ4v) is 2.37. The van der Waals surface area contributed by atoms with E-state index in [9.17, 15) is 4.79 Å². The number of carbonyl (C=O) groups excluding carboxylic acids is 1. The van der Waals surface area contributed by atoms with Crippen molar-refractivity contribution in [2.45, 2.75) is 20.0 Å². The summed E-state index contributed by atoms with van der Waals surface area (Å²) >= 11 is 5.91. The van der Waals surface area contributed by atoms with Crippen LogP contribution >= 0.6 is 11.6 Å². The van der Waals surface area contributed by atoms with Crippen molar-refractivity contribution >= 4 is 23.2 Å². The number of aryl methyl sites for hydroxylation is 1. The summed E-state index contributed by atoms with van der Waals surface area (Å²) in [5.74, 6) is 1.21. The van der Waals surface area contributed by atoms with Gasteiger partial charge in [0, 0.05) is 23.2 Å². The van der Waals surface area contributed by atoms with Crippen LogP contribution in [0.1, 0.15) is 12.8 Å². The third-order valence-corrected chi connectivity index (χ3v) is 3.63. The lowest BCUT2D eigenvalue weighted by molar-refractivity contribution is -0.122. The third kappa shape index (κ3) is 4.36. The average Bonchev–Trinajstić information content (AvgIpc) is 3.01. The normalized spacial score (nSPS) is 11.8. The summed E-state index contributed by atoms with van der Waals surface area (Å²) < 4.78 is 10.6. The van der Waals surface area contributed by atoms with Gasteiger partial charge in [0.1, 0.15) is 5.75 Å². The number of aromatic nitrogens is 2. The number of amides is 1. The maximum absolute atomic E-state index is 12.3. The van der Waals surface area contributed by atoms with E-state index in [1.165, 1.54) is 0 Å². The topological polar surface area (TPSA) is 77.2 Å². The molecule has 1 heterocycles. The molecular weight excluding hydrogens is 342 g/mol. The van der Waals surface area contributed by atoms with E-state index in [2.05, 4.69) is 15.5 Å². The fourth-order valence-electron chi connectivity index (χ4n) is 2.19. The summed E-state index contributed by atoms with van der Waals surface area (Å²) in [6.07, 6.45) is -0.686. The molecule has 6 nitrogen and oxygen atoms in total. The second kappa shape index (κ2) is 7.36. The van der Waals surface area contributed by atoms with Crippen molar-refractivity contribution in [2.75, 3.05) is 5.32 Å². The Balaban J connectivity index is 1.68. The van der Waals surface area contributed by atoms with Crippen LogP contribution in [0.15, 0.2) is 53.1 Å². The van der Waals surface area contributed by atoms with Crippen LogP contribution in [0, 0.1) is 6.92 Å². The van der Waals surface area contributed by atoms with Gasteiger partial charge in [-0.2, -0.15) is 4.98 Å². The minimum Gasteiger partial charge on any atom is -0.481 e. The van der Waals surface area contributed by atoms with Crippen LogP contribution in [-0.4, -0.2) is 22.2 Å². The highest BCUT2D eigenvalue weighted by Crippen LogP contribution is 2.21. The minimum atomic E-state index is -0.686. The number of rotatable bonds is 5. The largest absolute Gasteiger partial charge is 0.481 e. The summed E-state index contributed by atoms with van der Waals surface area (Å²) in [4.78, 5) is 16.5. The second-order valence-corrected chi connectivity index (χ2v) is 5.86. The summed E-state index contributed by atoms with van der Waals surface area (Å²) in [5, 5.41) is 7.23. The van der Waals surface area contributed by atoms with Gasteiger partial charge >= 0.3 is 0 Å². The number of hydrogen-bond acceptors (Lipinski definition) is 5. The Kier molecular flexibility index (Phi) is 5.00. The van der Waals surface area contributed by atoms with Gasteiger partial charge in [-0.3, -0.25) is 4.79 Å². The first kappa shape index (κ1) is 17.0. The molecule has 0 saturated heterocycles. The van der Waals surface area contributed by atoms with E-state index in [0.29, 0.717) is 28.2 Å². The van der Waals surface area contributed by atoms with Gasteiger partial charge in [-0.25, -0.2) is 0 Å². The van der Waals surface area contributed by atoms with Crippen LogP contribution in [0.2, 0.25) is 5.02 Å². The van der Waals surface area contributed by atoms with E-state index in [4.69, 9.17) is 20.9 Å². The third-order valence-electron chi connectivity index (χ3n) is 3.39. The van der Waals surface area contributed by atoms with E-state index in [0.717, 1.165) is 5.56 Å². The molecule has 0 aliphatic rings. The maximum atomic E-state index is 12.3. The molecule has 0 saturated carbocycles. The molecule has 2 aromatic carbocycles. The summed E-state index contributed by atoms with van der Waals surface area (Å²) in [7, 11) is 0. The van der Waals surface area contributed by atoms with E-state index >= 15 is 0 Å². The molecule has 1 N–H and O–H groups in total. The highest BCUT2D eigenvalue weighted by Gasteiger charge is 2.16. The quantitative estimate of drug-likeness (QED) is 0.743. The monoisotopic (exact) mass is 357 g/mol. The molecule has 0 aliphatic heterocycles. The van der Waals surface area contributed by atoms with Crippen molar-refractivity contribution in [1.82, 2.24) is 10.1 Å². The molecule has 0 aliphatic carbocycles. The predicted molar refractivity (Wildman–Crippen MR) is 94.6 cm³/mol. The molecule has 0 fully saturated rings. The Bertz CT molecular complexity index is 895. The second-order valence-electron chi connectivity index (χ2n) is 5.42. The van der Waals surface area contributed by atoms with Crippen molar-refractivity contribution in [3.8, 4) is 17.1 Å². The Morgan fingerprint density at radius 1 is 1.24 bits per heavy atom. The average molecular weight is 358 g/mol. The number of nitrogens with zero attached hydrogens (tertiary/aromatic N) is 2. The lowest BCUT2D eigenvalue weighted by Crippen LogP contribution is -2.30. The summed E-state index contributed by atoms with van der Waals surface area (Å²) in [6, 6.07) is 14.1. The molecule has 0 spiro atoms. The minimum absolute atomic E-state index is 0.276. The van der Waals surface area contributed by atoms with Crippen LogP contribution in [0.5, 0.6) is 5.75 Å². The number of anilines is 1. The number of nitrogens with one attached hydrogen (secondary N) is 1. The van der Waals surface area contributed by atoms with Crippen LogP contribution in [0.3, 0.4) is 0 Å². The number of ether oxygens (including phenoxy) is 1. The molecule has 0 radical (unpaired) electrons. The van der Waals surface area contributed by atoms with Crippen molar-refractivity contribution in [2.24, 2.45) is 0 Å². The van der Waals surface area contributed by atoms with Crippen molar-refractivity contribution in [3.63, 3.8) is 0 Å². The number of benzene rings is 2. The zero-order valence-corrected chi connectivity index (χ0v) is 14.4. The summed E-state index contributed by atoms with van der Waals surface area (Å²) in [5.41, 5.74) is 1.37. The van der Waals surface area contributed by atoms with Gasteiger partial charge in [-0.1, -0.05) is 35.0 Å². The number of halogens is 1. The molecule has 128 valence electrons. The molecule has 0 bridgehead atoms. The first-order valence-electron chi connectivity index (χ1n) is 7.65. The molecule has 25 heavy (non-hydrogen) atoms. The van der Waals surface area contributed by atoms with E-state index in [1.54, 1.807) is 56.3 Å².